The van der Waals surface area contributed by atoms with Crippen LogP contribution in [0.25, 0.3) is 11.1 Å². The van der Waals surface area contributed by atoms with E-state index in [4.69, 9.17) is 21.3 Å². The summed E-state index contributed by atoms with van der Waals surface area (Å²) in [4.78, 5) is 15.0. The maximum absolute atomic E-state index is 11.1. The van der Waals surface area contributed by atoms with Crippen LogP contribution in [0.2, 0.25) is 0 Å². The number of aliphatic hydroxyl groups is 1. The fourth-order valence-electron chi connectivity index (χ4n) is 3.57. The van der Waals surface area contributed by atoms with E-state index < -0.39 is 5.91 Å². The van der Waals surface area contributed by atoms with Crippen molar-refractivity contribution in [3.05, 3.63) is 65.6 Å². The number of nitrogens with two attached hydrogens (primary N) is 2. The Bertz CT molecular complexity index is 1140. The summed E-state index contributed by atoms with van der Waals surface area (Å²) in [5.74, 6) is 5.49. The van der Waals surface area contributed by atoms with E-state index in [-0.39, 0.29) is 18.0 Å². The van der Waals surface area contributed by atoms with Gasteiger partial charge < -0.3 is 21.3 Å². The predicted octanol–water partition coefficient (Wildman–Crippen LogP) is 3.04. The maximum Gasteiger partial charge on any atom is 0.252 e. The molecule has 8 heteroatoms. The van der Waals surface area contributed by atoms with Crippen LogP contribution in [0.15, 0.2) is 48.9 Å². The fraction of sp³-hybridized carbons (Fsp3) is 0.346. The largest absolute Gasteiger partial charge is 0.395 e. The number of hydrogen-bond donors (Lipinski definition) is 3. The highest BCUT2D eigenvalue weighted by Crippen LogP contribution is 2.22. The number of primary amides is 1. The van der Waals surface area contributed by atoms with E-state index in [2.05, 4.69) is 34.1 Å². The average Bonchev–Trinajstić information content (AvgIpc) is 3.51. The molecular formula is C26H31N5O3. The van der Waals surface area contributed by atoms with Gasteiger partial charge in [-0.15, -0.1) is 0 Å². The molecule has 1 aromatic carbocycles. The van der Waals surface area contributed by atoms with E-state index in [1.165, 1.54) is 31.2 Å². The molecule has 2 heterocycles. The molecular weight excluding hydrogens is 430 g/mol. The van der Waals surface area contributed by atoms with Gasteiger partial charge in [0.25, 0.3) is 5.91 Å². The van der Waals surface area contributed by atoms with Crippen LogP contribution < -0.4 is 11.5 Å². The molecule has 0 aliphatic heterocycles. The first-order valence-electron chi connectivity index (χ1n) is 11.3. The molecule has 0 spiro atoms. The quantitative estimate of drug-likeness (QED) is 0.484. The Labute approximate surface area is 200 Å². The number of ether oxygens (including phenoxy) is 1. The lowest BCUT2D eigenvalue weighted by molar-refractivity contribution is 0.0457. The van der Waals surface area contributed by atoms with Crippen molar-refractivity contribution in [3.8, 4) is 23.0 Å². The molecule has 1 aliphatic rings. The van der Waals surface area contributed by atoms with Gasteiger partial charge in [-0.1, -0.05) is 36.8 Å². The number of nitrogen functional groups attached to an aromatic ring is 1. The first-order valence-corrected chi connectivity index (χ1v) is 11.3. The third-order valence-corrected chi connectivity index (χ3v) is 5.43. The number of nitrogens with zero attached hydrogens (tertiary/aromatic N) is 3. The molecule has 1 amide bonds. The number of aromatic nitrogens is 3. The molecule has 4 rings (SSSR count). The van der Waals surface area contributed by atoms with E-state index in [1.807, 2.05) is 25.4 Å². The predicted molar refractivity (Wildman–Crippen MR) is 131 cm³/mol. The summed E-state index contributed by atoms with van der Waals surface area (Å²) < 4.78 is 7.52. The lowest BCUT2D eigenvalue weighted by Crippen LogP contribution is -2.14. The second kappa shape index (κ2) is 12.5. The summed E-state index contributed by atoms with van der Waals surface area (Å²) in [6, 6.07) is 9.77. The molecule has 0 bridgehead atoms. The lowest BCUT2D eigenvalue weighted by atomic mass is 10.1. The van der Waals surface area contributed by atoms with Crippen molar-refractivity contribution in [1.82, 2.24) is 14.8 Å². The number of aliphatic hydroxyl groups excluding tert-OH is 1. The molecule has 0 radical (unpaired) electrons. The van der Waals surface area contributed by atoms with E-state index in [0.29, 0.717) is 19.1 Å². The van der Waals surface area contributed by atoms with Gasteiger partial charge >= 0.3 is 0 Å². The maximum atomic E-state index is 11.1. The van der Waals surface area contributed by atoms with Crippen molar-refractivity contribution < 1.29 is 14.6 Å². The van der Waals surface area contributed by atoms with Gasteiger partial charge in [-0.2, -0.15) is 5.10 Å². The number of aryl methyl sites for hydroxylation is 1. The summed E-state index contributed by atoms with van der Waals surface area (Å²) in [5.41, 5.74) is 14.8. The zero-order chi connectivity index (χ0) is 24.3. The van der Waals surface area contributed by atoms with Gasteiger partial charge in [-0.05, 0) is 36.6 Å². The average molecular weight is 462 g/mol. The normalized spacial score (nSPS) is 13.0. The third-order valence-electron chi connectivity index (χ3n) is 5.43. The minimum absolute atomic E-state index is 0.125. The number of benzene rings is 1. The second-order valence-electron chi connectivity index (χ2n) is 8.11. The van der Waals surface area contributed by atoms with Gasteiger partial charge in [0.15, 0.2) is 0 Å². The molecule has 1 aliphatic carbocycles. The van der Waals surface area contributed by atoms with Crippen LogP contribution in [0.3, 0.4) is 0 Å². The van der Waals surface area contributed by atoms with Crippen molar-refractivity contribution >= 4 is 11.7 Å². The number of carbonyl (C=O) groups excluding carboxylic acids is 1. The minimum Gasteiger partial charge on any atom is -0.395 e. The van der Waals surface area contributed by atoms with Crippen molar-refractivity contribution in [2.24, 2.45) is 12.8 Å². The zero-order valence-corrected chi connectivity index (χ0v) is 19.4. The Hall–Kier alpha value is -3.67. The van der Waals surface area contributed by atoms with Gasteiger partial charge in [0, 0.05) is 42.6 Å². The SMILES string of the molecule is Cn1cc(-c2cnc(N)c(C(N)=O)c2)cn1.OCCC#Cc1ccc(COC2CCCC2)cc1. The number of hydrogen-bond acceptors (Lipinski definition) is 6. The topological polar surface area (TPSA) is 129 Å². The molecule has 2 aromatic heterocycles. The summed E-state index contributed by atoms with van der Waals surface area (Å²) >= 11 is 0. The Morgan fingerprint density at radius 3 is 2.56 bits per heavy atom. The number of pyridine rings is 1. The first-order chi connectivity index (χ1) is 16.5. The molecule has 5 N–H and O–H groups in total. The lowest BCUT2D eigenvalue weighted by Gasteiger charge is -2.10. The van der Waals surface area contributed by atoms with Gasteiger partial charge in [0.2, 0.25) is 0 Å². The van der Waals surface area contributed by atoms with E-state index in [1.54, 1.807) is 23.1 Å². The molecule has 34 heavy (non-hydrogen) atoms. The number of anilines is 1. The highest BCUT2D eigenvalue weighted by atomic mass is 16.5. The van der Waals surface area contributed by atoms with Crippen LogP contribution in [0, 0.1) is 11.8 Å². The Kier molecular flexibility index (Phi) is 9.21. The smallest absolute Gasteiger partial charge is 0.252 e. The Balaban J connectivity index is 0.000000192. The molecule has 0 saturated heterocycles. The van der Waals surface area contributed by atoms with Crippen LogP contribution in [0.4, 0.5) is 5.82 Å². The second-order valence-corrected chi connectivity index (χ2v) is 8.11. The minimum atomic E-state index is -0.587. The van der Waals surface area contributed by atoms with E-state index >= 15 is 0 Å². The molecule has 1 fully saturated rings. The van der Waals surface area contributed by atoms with Gasteiger partial charge in [0.1, 0.15) is 5.82 Å². The molecule has 3 aromatic rings. The molecule has 8 nitrogen and oxygen atoms in total. The van der Waals surface area contributed by atoms with Crippen LogP contribution in [0.5, 0.6) is 0 Å². The van der Waals surface area contributed by atoms with Gasteiger partial charge in [-0.3, -0.25) is 9.48 Å². The van der Waals surface area contributed by atoms with Crippen molar-refractivity contribution in [2.45, 2.75) is 44.8 Å². The van der Waals surface area contributed by atoms with Crippen LogP contribution in [-0.4, -0.2) is 38.5 Å². The highest BCUT2D eigenvalue weighted by Gasteiger charge is 2.15. The van der Waals surface area contributed by atoms with Crippen LogP contribution in [0.1, 0.15) is 53.6 Å². The number of amides is 1. The van der Waals surface area contributed by atoms with Crippen molar-refractivity contribution in [1.29, 1.82) is 0 Å². The number of carbonyl (C=O) groups is 1. The molecule has 1 saturated carbocycles. The first kappa shape index (κ1) is 25.0. The van der Waals surface area contributed by atoms with Crippen LogP contribution >= 0.6 is 0 Å². The van der Waals surface area contributed by atoms with Gasteiger partial charge in [0.05, 0.1) is 31.1 Å². The van der Waals surface area contributed by atoms with E-state index in [0.717, 1.165) is 16.7 Å². The Morgan fingerprint density at radius 1 is 1.21 bits per heavy atom. The summed E-state index contributed by atoms with van der Waals surface area (Å²) in [6.07, 6.45) is 11.1. The highest BCUT2D eigenvalue weighted by molar-refractivity contribution is 5.98. The standard InChI is InChI=1S/C16H20O2.C10H11N5O/c17-12-4-3-5-14-8-10-15(11-9-14)13-18-16-6-1-2-7-16;1-15-5-7(4-14-15)6-2-8(10(12)16)9(11)13-3-6/h8-11,16-17H,1-2,4,6-7,12-13H2;2-5H,1H3,(H2,11,13)(H2,12,16). The third kappa shape index (κ3) is 7.44. The molecule has 0 atom stereocenters. The fourth-order valence-corrected chi connectivity index (χ4v) is 3.57. The van der Waals surface area contributed by atoms with Crippen molar-refractivity contribution in [3.63, 3.8) is 0 Å². The zero-order valence-electron chi connectivity index (χ0n) is 19.4. The molecule has 0 unspecified atom stereocenters. The van der Waals surface area contributed by atoms with Crippen LogP contribution in [-0.2, 0) is 18.4 Å². The summed E-state index contributed by atoms with van der Waals surface area (Å²) in [5, 5.41) is 12.7. The summed E-state index contributed by atoms with van der Waals surface area (Å²) in [6.45, 7) is 0.829. The van der Waals surface area contributed by atoms with Crippen molar-refractivity contribution in [2.75, 3.05) is 12.3 Å². The Morgan fingerprint density at radius 2 is 1.94 bits per heavy atom. The van der Waals surface area contributed by atoms with E-state index in [9.17, 15) is 4.79 Å². The van der Waals surface area contributed by atoms with Gasteiger partial charge in [-0.25, -0.2) is 4.98 Å². The number of rotatable bonds is 6. The summed E-state index contributed by atoms with van der Waals surface area (Å²) in [7, 11) is 1.81. The molecule has 178 valence electrons. The monoisotopic (exact) mass is 461 g/mol.